The van der Waals surface area contributed by atoms with Gasteiger partial charge in [-0.05, 0) is 48.4 Å². The van der Waals surface area contributed by atoms with E-state index < -0.39 is 0 Å². The number of pyridine rings is 1. The molecule has 0 unspecified atom stereocenters. The van der Waals surface area contributed by atoms with Gasteiger partial charge in [-0.2, -0.15) is 0 Å². The number of rotatable bonds is 5. The molecule has 128 valence electrons. The minimum atomic E-state index is -0.377. The molecule has 0 aliphatic carbocycles. The molecule has 6 nitrogen and oxygen atoms in total. The van der Waals surface area contributed by atoms with Crippen molar-refractivity contribution >= 4 is 28.0 Å². The first-order chi connectivity index (χ1) is 12.0. The highest BCUT2D eigenvalue weighted by Gasteiger charge is 2.14. The van der Waals surface area contributed by atoms with Crippen LogP contribution in [0.1, 0.15) is 11.1 Å². The van der Waals surface area contributed by atoms with Crippen molar-refractivity contribution in [1.82, 2.24) is 4.98 Å². The summed E-state index contributed by atoms with van der Waals surface area (Å²) in [5.41, 5.74) is 4.99. The maximum Gasteiger partial charge on any atom is 0.278 e. The highest BCUT2D eigenvalue weighted by Crippen LogP contribution is 2.30. The minimum Gasteiger partial charge on any atom is -0.379 e. The van der Waals surface area contributed by atoms with Crippen LogP contribution in [0.25, 0.3) is 10.9 Å². The molecule has 1 aromatic heterocycles. The van der Waals surface area contributed by atoms with Crippen LogP contribution in [0.4, 0.5) is 17.1 Å². The Bertz CT molecular complexity index is 938. The molecule has 0 spiro atoms. The SMILES string of the molecule is Cc1cc(N(C)C)ccc1CNc1ccc([N+](=O)[O-])c2cccnc12. The van der Waals surface area contributed by atoms with Crippen molar-refractivity contribution in [3.63, 3.8) is 0 Å². The van der Waals surface area contributed by atoms with Gasteiger partial charge in [0.1, 0.15) is 5.52 Å². The van der Waals surface area contributed by atoms with Crippen molar-refractivity contribution in [3.8, 4) is 0 Å². The van der Waals surface area contributed by atoms with Gasteiger partial charge in [0.25, 0.3) is 5.69 Å². The molecule has 0 atom stereocenters. The van der Waals surface area contributed by atoms with Crippen molar-refractivity contribution in [3.05, 3.63) is 69.9 Å². The second-order valence-electron chi connectivity index (χ2n) is 6.15. The standard InChI is InChI=1S/C19H20N4O2/c1-13-11-15(22(2)3)7-6-14(13)12-21-17-8-9-18(23(24)25)16-5-4-10-20-19(16)17/h4-11,21H,12H2,1-3H3. The Labute approximate surface area is 146 Å². The van der Waals surface area contributed by atoms with Gasteiger partial charge in [0.05, 0.1) is 16.0 Å². The van der Waals surface area contributed by atoms with Crippen LogP contribution in [-0.2, 0) is 6.54 Å². The first-order valence-electron chi connectivity index (χ1n) is 8.00. The average molecular weight is 336 g/mol. The van der Waals surface area contributed by atoms with E-state index in [0.29, 0.717) is 17.4 Å². The first-order valence-corrected chi connectivity index (χ1v) is 8.00. The Kier molecular flexibility index (Phi) is 4.52. The van der Waals surface area contributed by atoms with Crippen LogP contribution in [0, 0.1) is 17.0 Å². The second-order valence-corrected chi connectivity index (χ2v) is 6.15. The topological polar surface area (TPSA) is 71.3 Å². The molecular formula is C19H20N4O2. The summed E-state index contributed by atoms with van der Waals surface area (Å²) in [5.74, 6) is 0. The maximum absolute atomic E-state index is 11.2. The number of nitrogens with one attached hydrogen (secondary N) is 1. The molecule has 0 bridgehead atoms. The number of hydrogen-bond donors (Lipinski definition) is 1. The van der Waals surface area contributed by atoms with Crippen LogP contribution in [0.3, 0.4) is 0 Å². The summed E-state index contributed by atoms with van der Waals surface area (Å²) in [5, 5.41) is 15.1. The molecule has 0 aliphatic heterocycles. The van der Waals surface area contributed by atoms with Gasteiger partial charge in [0.2, 0.25) is 0 Å². The molecule has 2 aromatic carbocycles. The number of fused-ring (bicyclic) bond motifs is 1. The highest BCUT2D eigenvalue weighted by atomic mass is 16.6. The van der Waals surface area contributed by atoms with Crippen LogP contribution in [0.2, 0.25) is 0 Å². The van der Waals surface area contributed by atoms with Crippen LogP contribution in [0.5, 0.6) is 0 Å². The summed E-state index contributed by atoms with van der Waals surface area (Å²) in [6.45, 7) is 2.71. The van der Waals surface area contributed by atoms with E-state index in [4.69, 9.17) is 0 Å². The average Bonchev–Trinajstić information content (AvgIpc) is 2.60. The maximum atomic E-state index is 11.2. The van der Waals surface area contributed by atoms with Gasteiger partial charge in [-0.15, -0.1) is 0 Å². The normalized spacial score (nSPS) is 10.7. The molecule has 25 heavy (non-hydrogen) atoms. The van der Waals surface area contributed by atoms with Crippen LogP contribution in [-0.4, -0.2) is 24.0 Å². The van der Waals surface area contributed by atoms with Crippen LogP contribution >= 0.6 is 0 Å². The predicted octanol–water partition coefficient (Wildman–Crippen LogP) is 4.13. The fraction of sp³-hybridized carbons (Fsp3) is 0.211. The molecule has 0 saturated heterocycles. The molecular weight excluding hydrogens is 316 g/mol. The van der Waals surface area contributed by atoms with E-state index in [1.165, 1.54) is 17.2 Å². The fourth-order valence-electron chi connectivity index (χ4n) is 2.81. The van der Waals surface area contributed by atoms with E-state index in [2.05, 4.69) is 40.3 Å². The number of nitrogens with zero attached hydrogens (tertiary/aromatic N) is 3. The van der Waals surface area contributed by atoms with E-state index in [1.807, 2.05) is 14.1 Å². The summed E-state index contributed by atoms with van der Waals surface area (Å²) in [7, 11) is 4.03. The Morgan fingerprint density at radius 2 is 2.00 bits per heavy atom. The van der Waals surface area contributed by atoms with Gasteiger partial charge in [-0.25, -0.2) is 0 Å². The van der Waals surface area contributed by atoms with Gasteiger partial charge < -0.3 is 10.2 Å². The third-order valence-corrected chi connectivity index (χ3v) is 4.26. The summed E-state index contributed by atoms with van der Waals surface area (Å²) in [4.78, 5) is 17.2. The summed E-state index contributed by atoms with van der Waals surface area (Å²) < 4.78 is 0. The van der Waals surface area contributed by atoms with Crippen molar-refractivity contribution in [2.24, 2.45) is 0 Å². The summed E-state index contributed by atoms with van der Waals surface area (Å²) in [6.07, 6.45) is 1.65. The number of aryl methyl sites for hydroxylation is 1. The lowest BCUT2D eigenvalue weighted by Gasteiger charge is -2.16. The number of anilines is 2. The summed E-state index contributed by atoms with van der Waals surface area (Å²) >= 11 is 0. The van der Waals surface area contributed by atoms with Gasteiger partial charge in [-0.3, -0.25) is 15.1 Å². The van der Waals surface area contributed by atoms with Gasteiger partial charge in [0.15, 0.2) is 0 Å². The molecule has 3 rings (SSSR count). The lowest BCUT2D eigenvalue weighted by Crippen LogP contribution is -2.09. The number of benzene rings is 2. The van der Waals surface area contributed by atoms with E-state index >= 15 is 0 Å². The zero-order valence-electron chi connectivity index (χ0n) is 14.5. The minimum absolute atomic E-state index is 0.0696. The Morgan fingerprint density at radius 3 is 2.68 bits per heavy atom. The number of nitro benzene ring substituents is 1. The van der Waals surface area contributed by atoms with Gasteiger partial charge in [0, 0.05) is 38.6 Å². The molecule has 0 saturated carbocycles. The fourth-order valence-corrected chi connectivity index (χ4v) is 2.81. The first kappa shape index (κ1) is 16.7. The summed E-state index contributed by atoms with van der Waals surface area (Å²) in [6, 6.07) is 13.0. The molecule has 0 radical (unpaired) electrons. The zero-order valence-corrected chi connectivity index (χ0v) is 14.5. The van der Waals surface area contributed by atoms with Gasteiger partial charge >= 0.3 is 0 Å². The van der Waals surface area contributed by atoms with E-state index in [1.54, 1.807) is 24.4 Å². The molecule has 3 aromatic rings. The smallest absolute Gasteiger partial charge is 0.278 e. The highest BCUT2D eigenvalue weighted by molar-refractivity contribution is 5.96. The monoisotopic (exact) mass is 336 g/mol. The van der Waals surface area contributed by atoms with E-state index in [9.17, 15) is 10.1 Å². The second kappa shape index (κ2) is 6.76. The Morgan fingerprint density at radius 1 is 1.20 bits per heavy atom. The molecule has 1 heterocycles. The van der Waals surface area contributed by atoms with Crippen LogP contribution < -0.4 is 10.2 Å². The van der Waals surface area contributed by atoms with Crippen LogP contribution in [0.15, 0.2) is 48.7 Å². The Hall–Kier alpha value is -3.15. The molecule has 1 N–H and O–H groups in total. The van der Waals surface area contributed by atoms with E-state index in [0.717, 1.165) is 11.4 Å². The predicted molar refractivity (Wildman–Crippen MR) is 101 cm³/mol. The molecule has 0 fully saturated rings. The third kappa shape index (κ3) is 3.38. The molecule has 6 heteroatoms. The molecule has 0 aliphatic rings. The zero-order chi connectivity index (χ0) is 18.0. The van der Waals surface area contributed by atoms with Crippen molar-refractivity contribution in [2.75, 3.05) is 24.3 Å². The van der Waals surface area contributed by atoms with Crippen molar-refractivity contribution < 1.29 is 4.92 Å². The largest absolute Gasteiger partial charge is 0.379 e. The third-order valence-electron chi connectivity index (χ3n) is 4.26. The molecule has 0 amide bonds. The lowest BCUT2D eigenvalue weighted by molar-refractivity contribution is -0.383. The number of hydrogen-bond acceptors (Lipinski definition) is 5. The number of nitro groups is 1. The van der Waals surface area contributed by atoms with Crippen molar-refractivity contribution in [2.45, 2.75) is 13.5 Å². The number of aromatic nitrogens is 1. The van der Waals surface area contributed by atoms with E-state index in [-0.39, 0.29) is 10.6 Å². The van der Waals surface area contributed by atoms with Gasteiger partial charge in [-0.1, -0.05) is 6.07 Å². The van der Waals surface area contributed by atoms with Crippen molar-refractivity contribution in [1.29, 1.82) is 0 Å². The quantitative estimate of drug-likeness (QED) is 0.560. The Balaban J connectivity index is 1.89. The lowest BCUT2D eigenvalue weighted by atomic mass is 10.1. The number of non-ortho nitro benzene ring substituents is 1.